The number of aromatic nitrogens is 1. The van der Waals surface area contributed by atoms with Gasteiger partial charge in [-0.2, -0.15) is 0 Å². The second-order valence-electron chi connectivity index (χ2n) is 6.35. The molecule has 0 bridgehead atoms. The fourth-order valence-electron chi connectivity index (χ4n) is 2.33. The number of benzene rings is 1. The van der Waals surface area contributed by atoms with Crippen LogP contribution in [0.2, 0.25) is 0 Å². The summed E-state index contributed by atoms with van der Waals surface area (Å²) in [6.45, 7) is 7.87. The van der Waals surface area contributed by atoms with E-state index in [2.05, 4.69) is 44.1 Å². The number of ether oxygens (including phenoxy) is 1. The van der Waals surface area contributed by atoms with Gasteiger partial charge in [-0.15, -0.1) is 0 Å². The Morgan fingerprint density at radius 3 is 2.80 bits per heavy atom. The molecule has 2 rings (SSSR count). The van der Waals surface area contributed by atoms with Crippen molar-refractivity contribution >= 4 is 56.9 Å². The number of hydrogen-bond acceptors (Lipinski definition) is 5. The Balaban J connectivity index is 2.14. The third-order valence-corrected chi connectivity index (χ3v) is 4.55. The fraction of sp³-hybridized carbons (Fsp3) is 0.389. The molecule has 2 aromatic rings. The molecule has 0 radical (unpaired) electrons. The van der Waals surface area contributed by atoms with Crippen molar-refractivity contribution in [2.24, 2.45) is 5.16 Å². The van der Waals surface area contributed by atoms with E-state index in [1.165, 1.54) is 7.11 Å². The number of pyridine rings is 1. The third kappa shape index (κ3) is 5.50. The van der Waals surface area contributed by atoms with Crippen LogP contribution in [0.25, 0.3) is 10.9 Å². The van der Waals surface area contributed by atoms with Crippen LogP contribution in [0.1, 0.15) is 26.3 Å². The molecule has 1 heterocycles. The summed E-state index contributed by atoms with van der Waals surface area (Å²) in [6.07, 6.45) is 3.25. The van der Waals surface area contributed by atoms with E-state index in [1.807, 2.05) is 46.0 Å². The van der Waals surface area contributed by atoms with E-state index < -0.39 is 5.54 Å². The summed E-state index contributed by atoms with van der Waals surface area (Å²) < 4.78 is 7.13. The van der Waals surface area contributed by atoms with Gasteiger partial charge in [0.2, 0.25) is 0 Å². The van der Waals surface area contributed by atoms with Crippen LogP contribution in [0.3, 0.4) is 0 Å². The van der Waals surface area contributed by atoms with Gasteiger partial charge in [0.15, 0.2) is 0 Å². The molecule has 0 aliphatic heterocycles. The van der Waals surface area contributed by atoms with Crippen molar-refractivity contribution in [3.8, 4) is 5.75 Å². The minimum Gasteiger partial charge on any atom is -0.484 e. The zero-order valence-corrected chi connectivity index (χ0v) is 17.9. The maximum absolute atomic E-state index is 6.05. The molecule has 0 aliphatic carbocycles. The van der Waals surface area contributed by atoms with Gasteiger partial charge in [0.1, 0.15) is 24.0 Å². The lowest BCUT2D eigenvalue weighted by Crippen LogP contribution is -2.48. The Labute approximate surface area is 167 Å². The Kier molecular flexibility index (Phi) is 6.56. The number of nitrogens with one attached hydrogen (secondary N) is 1. The van der Waals surface area contributed by atoms with E-state index in [9.17, 15) is 0 Å². The molecule has 1 unspecified atom stereocenters. The number of oxime groups is 1. The van der Waals surface area contributed by atoms with Crippen LogP contribution < -0.4 is 10.1 Å². The predicted molar refractivity (Wildman–Crippen MR) is 115 cm³/mol. The van der Waals surface area contributed by atoms with Crippen LogP contribution in [0.15, 0.2) is 29.6 Å². The van der Waals surface area contributed by atoms with E-state index in [-0.39, 0.29) is 6.10 Å². The lowest BCUT2D eigenvalue weighted by atomic mass is 10.1. The number of aryl methyl sites for hydroxylation is 1. The number of halogens is 1. The summed E-state index contributed by atoms with van der Waals surface area (Å²) in [7, 11) is 1.51. The molecule has 0 amide bonds. The molecular weight excluding hydrogens is 449 g/mol. The molecule has 0 fully saturated rings. The molecule has 1 aromatic heterocycles. The highest BCUT2D eigenvalue weighted by molar-refractivity contribution is 14.1. The molecule has 5 nitrogen and oxygen atoms in total. The smallest absolute Gasteiger partial charge is 0.146 e. The maximum Gasteiger partial charge on any atom is 0.146 e. The second kappa shape index (κ2) is 8.27. The minimum atomic E-state index is -0.427. The van der Waals surface area contributed by atoms with Gasteiger partial charge in [-0.25, -0.2) is 0 Å². The van der Waals surface area contributed by atoms with Crippen LogP contribution in [0, 0.1) is 10.5 Å². The lowest BCUT2D eigenvalue weighted by molar-refractivity contribution is 0.212. The number of fused-ring (bicyclic) bond motifs is 1. The molecule has 0 saturated carbocycles. The Bertz CT molecular complexity index is 808. The molecule has 0 saturated heterocycles. The zero-order valence-electron chi connectivity index (χ0n) is 15.0. The molecule has 0 spiro atoms. The predicted octanol–water partition coefficient (Wildman–Crippen LogP) is 4.24. The summed E-state index contributed by atoms with van der Waals surface area (Å²) in [5.74, 6) is 0.772. The number of rotatable bonds is 6. The summed E-state index contributed by atoms with van der Waals surface area (Å²) in [5.41, 5.74) is 1.63. The third-order valence-electron chi connectivity index (χ3n) is 3.52. The Morgan fingerprint density at radius 1 is 1.40 bits per heavy atom. The van der Waals surface area contributed by atoms with E-state index in [0.29, 0.717) is 4.99 Å². The van der Waals surface area contributed by atoms with Crippen molar-refractivity contribution < 1.29 is 9.57 Å². The highest BCUT2D eigenvalue weighted by atomic mass is 127. The van der Waals surface area contributed by atoms with E-state index >= 15 is 0 Å². The highest BCUT2D eigenvalue weighted by Gasteiger charge is 2.20. The van der Waals surface area contributed by atoms with Gasteiger partial charge in [0.25, 0.3) is 0 Å². The molecule has 134 valence electrons. The molecular formula is C18H22IN3O2S. The van der Waals surface area contributed by atoms with Gasteiger partial charge in [-0.1, -0.05) is 17.4 Å². The van der Waals surface area contributed by atoms with Gasteiger partial charge < -0.3 is 14.9 Å². The Hall–Kier alpha value is -1.48. The number of nitrogens with zero attached hydrogens (tertiary/aromatic N) is 2. The van der Waals surface area contributed by atoms with Gasteiger partial charge in [0, 0.05) is 15.2 Å². The van der Waals surface area contributed by atoms with Crippen LogP contribution in [0.5, 0.6) is 5.75 Å². The zero-order chi connectivity index (χ0) is 18.6. The number of hydrogen-bond donors (Lipinski definition) is 1. The molecule has 0 aliphatic rings. The molecule has 25 heavy (non-hydrogen) atoms. The quantitative estimate of drug-likeness (QED) is 0.296. The molecule has 1 atom stereocenters. The normalized spacial score (nSPS) is 13.0. The first-order chi connectivity index (χ1) is 11.7. The monoisotopic (exact) mass is 471 g/mol. The van der Waals surface area contributed by atoms with Crippen molar-refractivity contribution in [2.45, 2.75) is 39.3 Å². The first-order valence-corrected chi connectivity index (χ1v) is 9.33. The topological polar surface area (TPSA) is 55.7 Å². The van der Waals surface area contributed by atoms with E-state index in [4.69, 9.17) is 21.8 Å². The van der Waals surface area contributed by atoms with Gasteiger partial charge in [-0.05, 0) is 74.0 Å². The van der Waals surface area contributed by atoms with Gasteiger partial charge >= 0.3 is 0 Å². The number of thiocarbonyl (C=S) groups is 1. The SMILES string of the molecule is CON=CC(C)(C)NC(=S)C(C)Oc1cc(C)c2ncc(I)cc2c1. The minimum absolute atomic E-state index is 0.280. The fourth-order valence-corrected chi connectivity index (χ4v) is 3.12. The standard InChI is InChI=1S/C18H22IN3O2S/c1-11-6-15(8-13-7-14(19)9-20-16(11)13)24-12(2)17(25)22-18(3,4)10-21-23-5/h6-10,12H,1-5H3,(H,22,25). The second-order valence-corrected chi connectivity index (χ2v) is 8.04. The van der Waals surface area contributed by atoms with Crippen molar-refractivity contribution in [2.75, 3.05) is 7.11 Å². The first kappa shape index (κ1) is 19.8. The molecule has 7 heteroatoms. The maximum atomic E-state index is 6.05. The van der Waals surface area contributed by atoms with Crippen molar-refractivity contribution in [1.29, 1.82) is 0 Å². The molecule has 1 aromatic carbocycles. The van der Waals surface area contributed by atoms with Gasteiger partial charge in [-0.3, -0.25) is 4.98 Å². The van der Waals surface area contributed by atoms with Crippen molar-refractivity contribution in [3.63, 3.8) is 0 Å². The van der Waals surface area contributed by atoms with Crippen molar-refractivity contribution in [1.82, 2.24) is 10.3 Å². The highest BCUT2D eigenvalue weighted by Crippen LogP contribution is 2.25. The van der Waals surface area contributed by atoms with Crippen LogP contribution in [0.4, 0.5) is 0 Å². The van der Waals surface area contributed by atoms with Gasteiger partial charge in [0.05, 0.1) is 17.3 Å². The van der Waals surface area contributed by atoms with E-state index in [0.717, 1.165) is 25.8 Å². The van der Waals surface area contributed by atoms with Crippen LogP contribution >= 0.6 is 34.8 Å². The van der Waals surface area contributed by atoms with Crippen molar-refractivity contribution in [3.05, 3.63) is 33.5 Å². The van der Waals surface area contributed by atoms with Crippen LogP contribution in [-0.4, -0.2) is 34.9 Å². The van der Waals surface area contributed by atoms with E-state index in [1.54, 1.807) is 6.21 Å². The summed E-state index contributed by atoms with van der Waals surface area (Å²) in [4.78, 5) is 9.82. The summed E-state index contributed by atoms with van der Waals surface area (Å²) in [5, 5.41) is 8.09. The Morgan fingerprint density at radius 2 is 2.12 bits per heavy atom. The average Bonchev–Trinajstić information content (AvgIpc) is 2.52. The van der Waals surface area contributed by atoms with Crippen LogP contribution in [-0.2, 0) is 4.84 Å². The lowest BCUT2D eigenvalue weighted by Gasteiger charge is -2.26. The average molecular weight is 471 g/mol. The summed E-state index contributed by atoms with van der Waals surface area (Å²) in [6, 6.07) is 6.07. The first-order valence-electron chi connectivity index (χ1n) is 7.84. The summed E-state index contributed by atoms with van der Waals surface area (Å²) >= 11 is 7.73. The molecule has 1 N–H and O–H groups in total. The largest absolute Gasteiger partial charge is 0.484 e.